The Morgan fingerprint density at radius 1 is 1.06 bits per heavy atom. The minimum atomic E-state index is -0.881. The average Bonchev–Trinajstić information content (AvgIpc) is 2.18. The van der Waals surface area contributed by atoms with E-state index >= 15 is 0 Å². The highest BCUT2D eigenvalue weighted by atomic mass is 16.4. The summed E-state index contributed by atoms with van der Waals surface area (Å²) in [4.78, 5) is 21.1. The van der Waals surface area contributed by atoms with Crippen LogP contribution in [0, 0.1) is 0 Å². The molecule has 0 radical (unpaired) electrons. The van der Waals surface area contributed by atoms with E-state index in [0.717, 1.165) is 11.1 Å². The van der Waals surface area contributed by atoms with Gasteiger partial charge >= 0.3 is 11.9 Å². The summed E-state index contributed by atoms with van der Waals surface area (Å²) in [6.45, 7) is 1.92. The summed E-state index contributed by atoms with van der Waals surface area (Å²) in [5.74, 6) is -1.76. The van der Waals surface area contributed by atoms with E-state index in [9.17, 15) is 9.59 Å². The lowest BCUT2D eigenvalue weighted by Gasteiger charge is -2.07. The van der Waals surface area contributed by atoms with E-state index in [1.807, 2.05) is 6.92 Å². The predicted octanol–water partition coefficient (Wildman–Crippen LogP) is 1.50. The highest BCUT2D eigenvalue weighted by molar-refractivity contribution is 5.72. The number of carboxylic acids is 2. The molecule has 1 rings (SSSR count). The smallest absolute Gasteiger partial charge is 0.307 e. The SMILES string of the molecule is CCc1cc(CC(=O)O)ccc1CC(=O)O. The molecule has 0 unspecified atom stereocenters. The van der Waals surface area contributed by atoms with Gasteiger partial charge in [-0.25, -0.2) is 0 Å². The lowest BCUT2D eigenvalue weighted by Crippen LogP contribution is -2.05. The third-order valence-electron chi connectivity index (χ3n) is 2.35. The first kappa shape index (κ1) is 12.2. The van der Waals surface area contributed by atoms with Crippen LogP contribution in [0.2, 0.25) is 0 Å². The minimum absolute atomic E-state index is 0.0173. The third-order valence-corrected chi connectivity index (χ3v) is 2.35. The van der Waals surface area contributed by atoms with Gasteiger partial charge in [0.2, 0.25) is 0 Å². The summed E-state index contributed by atoms with van der Waals surface area (Å²) in [6, 6.07) is 5.14. The van der Waals surface area contributed by atoms with Gasteiger partial charge in [-0.15, -0.1) is 0 Å². The second kappa shape index (κ2) is 5.30. The van der Waals surface area contributed by atoms with Crippen molar-refractivity contribution in [3.8, 4) is 0 Å². The normalized spacial score (nSPS) is 10.1. The van der Waals surface area contributed by atoms with E-state index in [1.54, 1.807) is 18.2 Å². The lowest BCUT2D eigenvalue weighted by molar-refractivity contribution is -0.137. The van der Waals surface area contributed by atoms with E-state index in [2.05, 4.69) is 0 Å². The molecule has 0 aliphatic carbocycles. The third kappa shape index (κ3) is 3.38. The number of carbonyl (C=O) groups is 2. The van der Waals surface area contributed by atoms with Gasteiger partial charge in [0.1, 0.15) is 0 Å². The van der Waals surface area contributed by atoms with Crippen molar-refractivity contribution >= 4 is 11.9 Å². The van der Waals surface area contributed by atoms with Gasteiger partial charge in [-0.05, 0) is 23.1 Å². The number of hydrogen-bond donors (Lipinski definition) is 2. The van der Waals surface area contributed by atoms with Gasteiger partial charge in [0.05, 0.1) is 12.8 Å². The van der Waals surface area contributed by atoms with Crippen molar-refractivity contribution in [2.75, 3.05) is 0 Å². The molecule has 0 heterocycles. The average molecular weight is 222 g/mol. The van der Waals surface area contributed by atoms with Crippen LogP contribution in [0.5, 0.6) is 0 Å². The van der Waals surface area contributed by atoms with Crippen molar-refractivity contribution in [1.29, 1.82) is 0 Å². The van der Waals surface area contributed by atoms with Crippen LogP contribution < -0.4 is 0 Å². The Hall–Kier alpha value is -1.84. The molecule has 0 atom stereocenters. The van der Waals surface area contributed by atoms with Crippen LogP contribution in [0.4, 0.5) is 0 Å². The molecule has 0 saturated heterocycles. The van der Waals surface area contributed by atoms with Crippen molar-refractivity contribution in [2.45, 2.75) is 26.2 Å². The molecule has 4 heteroatoms. The summed E-state index contributed by atoms with van der Waals surface area (Å²) in [5.41, 5.74) is 2.36. The van der Waals surface area contributed by atoms with E-state index in [1.165, 1.54) is 0 Å². The van der Waals surface area contributed by atoms with Gasteiger partial charge in [-0.2, -0.15) is 0 Å². The van der Waals surface area contributed by atoms with E-state index in [4.69, 9.17) is 10.2 Å². The molecule has 16 heavy (non-hydrogen) atoms. The number of rotatable bonds is 5. The first-order chi connectivity index (χ1) is 7.52. The highest BCUT2D eigenvalue weighted by Gasteiger charge is 2.08. The summed E-state index contributed by atoms with van der Waals surface area (Å²) < 4.78 is 0. The molecule has 0 aliphatic rings. The minimum Gasteiger partial charge on any atom is -0.481 e. The predicted molar refractivity (Wildman–Crippen MR) is 58.5 cm³/mol. The molecular weight excluding hydrogens is 208 g/mol. The van der Waals surface area contributed by atoms with Crippen LogP contribution in [0.1, 0.15) is 23.6 Å². The van der Waals surface area contributed by atoms with Crippen molar-refractivity contribution in [2.24, 2.45) is 0 Å². The molecule has 0 bridgehead atoms. The fourth-order valence-electron chi connectivity index (χ4n) is 1.63. The Balaban J connectivity index is 2.96. The molecule has 0 spiro atoms. The molecule has 0 amide bonds. The van der Waals surface area contributed by atoms with Gasteiger partial charge in [0.15, 0.2) is 0 Å². The van der Waals surface area contributed by atoms with Crippen molar-refractivity contribution in [3.05, 3.63) is 34.9 Å². The van der Waals surface area contributed by atoms with Gasteiger partial charge in [-0.3, -0.25) is 9.59 Å². The molecule has 1 aromatic carbocycles. The highest BCUT2D eigenvalue weighted by Crippen LogP contribution is 2.14. The molecule has 4 nitrogen and oxygen atoms in total. The fraction of sp³-hybridized carbons (Fsp3) is 0.333. The van der Waals surface area contributed by atoms with Crippen molar-refractivity contribution in [3.63, 3.8) is 0 Å². The molecule has 86 valence electrons. The van der Waals surface area contributed by atoms with Gasteiger partial charge < -0.3 is 10.2 Å². The quantitative estimate of drug-likeness (QED) is 0.791. The topological polar surface area (TPSA) is 74.6 Å². The zero-order chi connectivity index (χ0) is 12.1. The second-order valence-corrected chi connectivity index (χ2v) is 3.60. The van der Waals surface area contributed by atoms with E-state index in [0.29, 0.717) is 12.0 Å². The molecule has 0 fully saturated rings. The summed E-state index contributed by atoms with van der Waals surface area (Å²) in [6.07, 6.45) is 0.660. The van der Waals surface area contributed by atoms with Crippen LogP contribution in [-0.2, 0) is 28.9 Å². The first-order valence-corrected chi connectivity index (χ1v) is 5.07. The lowest BCUT2D eigenvalue weighted by atomic mass is 9.98. The molecule has 1 aromatic rings. The van der Waals surface area contributed by atoms with E-state index in [-0.39, 0.29) is 12.8 Å². The van der Waals surface area contributed by atoms with Crippen molar-refractivity contribution < 1.29 is 19.8 Å². The van der Waals surface area contributed by atoms with Crippen LogP contribution >= 0.6 is 0 Å². The van der Waals surface area contributed by atoms with Gasteiger partial charge in [0, 0.05) is 0 Å². The molecular formula is C12H14O4. The van der Waals surface area contributed by atoms with E-state index < -0.39 is 11.9 Å². The van der Waals surface area contributed by atoms with Crippen LogP contribution in [0.15, 0.2) is 18.2 Å². The zero-order valence-electron chi connectivity index (χ0n) is 9.06. The number of aryl methyl sites for hydroxylation is 1. The van der Waals surface area contributed by atoms with Crippen molar-refractivity contribution in [1.82, 2.24) is 0 Å². The Morgan fingerprint density at radius 2 is 1.69 bits per heavy atom. The van der Waals surface area contributed by atoms with Gasteiger partial charge in [-0.1, -0.05) is 25.1 Å². The maximum atomic E-state index is 10.6. The Labute approximate surface area is 93.5 Å². The standard InChI is InChI=1S/C12H14O4/c1-2-9-5-8(6-11(13)14)3-4-10(9)7-12(15)16/h3-5H,2,6-7H2,1H3,(H,13,14)(H,15,16). The summed E-state index contributed by atoms with van der Waals surface area (Å²) >= 11 is 0. The zero-order valence-corrected chi connectivity index (χ0v) is 9.06. The Morgan fingerprint density at radius 3 is 2.19 bits per heavy atom. The first-order valence-electron chi connectivity index (χ1n) is 5.07. The number of hydrogen-bond acceptors (Lipinski definition) is 2. The second-order valence-electron chi connectivity index (χ2n) is 3.60. The molecule has 0 saturated carbocycles. The summed E-state index contributed by atoms with van der Waals surface area (Å²) in [5, 5.41) is 17.4. The van der Waals surface area contributed by atoms with Crippen LogP contribution in [-0.4, -0.2) is 22.2 Å². The molecule has 0 aliphatic heterocycles. The maximum absolute atomic E-state index is 10.6. The van der Waals surface area contributed by atoms with Crippen LogP contribution in [0.3, 0.4) is 0 Å². The molecule has 0 aromatic heterocycles. The van der Waals surface area contributed by atoms with Crippen LogP contribution in [0.25, 0.3) is 0 Å². The number of aliphatic carboxylic acids is 2. The molecule has 2 N–H and O–H groups in total. The number of carboxylic acid groups (broad SMARTS) is 2. The Kier molecular flexibility index (Phi) is 4.05. The largest absolute Gasteiger partial charge is 0.481 e. The number of benzene rings is 1. The Bertz CT molecular complexity index is 409. The fourth-order valence-corrected chi connectivity index (χ4v) is 1.63. The summed E-state index contributed by atoms with van der Waals surface area (Å²) in [7, 11) is 0. The van der Waals surface area contributed by atoms with Gasteiger partial charge in [0.25, 0.3) is 0 Å². The maximum Gasteiger partial charge on any atom is 0.307 e. The monoisotopic (exact) mass is 222 g/mol.